The lowest BCUT2D eigenvalue weighted by molar-refractivity contribution is -0.147. The van der Waals surface area contributed by atoms with E-state index in [1.807, 2.05) is 0 Å². The minimum atomic E-state index is -4.76. The van der Waals surface area contributed by atoms with E-state index in [1.165, 1.54) is 57.8 Å². The number of phosphoric acid groups is 1. The fourth-order valence-electron chi connectivity index (χ4n) is 5.83. The molecule has 0 spiro atoms. The Bertz CT molecular complexity index is 1210. The predicted octanol–water partition coefficient (Wildman–Crippen LogP) is 11.6. The van der Waals surface area contributed by atoms with Crippen LogP contribution in [0.1, 0.15) is 181 Å². The molecule has 334 valence electrons. The van der Waals surface area contributed by atoms with Crippen LogP contribution in [0.15, 0.2) is 60.8 Å². The maximum absolute atomic E-state index is 12.3. The van der Waals surface area contributed by atoms with Crippen LogP contribution in [0.2, 0.25) is 0 Å². The number of allylic oxidation sites excluding steroid dienone is 10. The average molecular weight is 838 g/mol. The van der Waals surface area contributed by atoms with Crippen molar-refractivity contribution in [1.82, 2.24) is 5.32 Å². The first-order valence-corrected chi connectivity index (χ1v) is 23.8. The first kappa shape index (κ1) is 55.2. The Kier molecular flexibility index (Phi) is 38.9. The molecule has 58 heavy (non-hydrogen) atoms. The summed E-state index contributed by atoms with van der Waals surface area (Å²) in [4.78, 5) is 45.9. The summed E-state index contributed by atoms with van der Waals surface area (Å²) in [5.74, 6) is -2.41. The van der Waals surface area contributed by atoms with Crippen LogP contribution in [0.25, 0.3) is 0 Å². The van der Waals surface area contributed by atoms with Gasteiger partial charge in [0.25, 0.3) is 0 Å². The van der Waals surface area contributed by atoms with Crippen LogP contribution in [0.5, 0.6) is 0 Å². The van der Waals surface area contributed by atoms with Crippen LogP contribution in [-0.4, -0.2) is 64.9 Å². The van der Waals surface area contributed by atoms with E-state index >= 15 is 0 Å². The zero-order chi connectivity index (χ0) is 42.8. The molecule has 0 aromatic carbocycles. The number of aliphatic hydroxyl groups excluding tert-OH is 1. The van der Waals surface area contributed by atoms with Gasteiger partial charge < -0.3 is 25.2 Å². The standard InChI is InChI=1S/C46H80NO10P/c1-3-5-7-9-11-13-15-17-19-20-21-22-24-26-28-30-32-34-36-38-45(50)55-39-42(48)40-56-58(53,54)57-41-43(46(51)52)47-44(49)37-35-33-31-29-27-25-23-18-16-14-12-10-8-6-4-2/h6,8,11-14,17-19,23,42-43,48H,3-5,7,9-10,15-16,20-22,24-41H2,1-2H3,(H,47,49)(H,51,52)(H,53,54)/b8-6-,13-11-,14-12-,19-17-,23-18-. The van der Waals surface area contributed by atoms with E-state index in [9.17, 15) is 34.1 Å². The van der Waals surface area contributed by atoms with Gasteiger partial charge in [0, 0.05) is 12.8 Å². The smallest absolute Gasteiger partial charge is 0.472 e. The second-order valence-corrected chi connectivity index (χ2v) is 16.3. The van der Waals surface area contributed by atoms with Crippen molar-refractivity contribution >= 4 is 25.7 Å². The van der Waals surface area contributed by atoms with Crippen LogP contribution in [0.4, 0.5) is 0 Å². The van der Waals surface area contributed by atoms with Gasteiger partial charge in [0.1, 0.15) is 12.7 Å². The lowest BCUT2D eigenvalue weighted by Crippen LogP contribution is -2.43. The van der Waals surface area contributed by atoms with Crippen molar-refractivity contribution in [2.24, 2.45) is 0 Å². The summed E-state index contributed by atoms with van der Waals surface area (Å²) in [5, 5.41) is 21.8. The van der Waals surface area contributed by atoms with Crippen molar-refractivity contribution in [3.05, 3.63) is 60.8 Å². The highest BCUT2D eigenvalue weighted by atomic mass is 31.2. The molecule has 4 N–H and O–H groups in total. The molecular weight excluding hydrogens is 757 g/mol. The van der Waals surface area contributed by atoms with Crippen molar-refractivity contribution < 1.29 is 47.8 Å². The Hall–Kier alpha value is -2.82. The van der Waals surface area contributed by atoms with E-state index in [1.54, 1.807) is 0 Å². The van der Waals surface area contributed by atoms with E-state index in [0.29, 0.717) is 12.8 Å². The molecule has 0 fully saturated rings. The molecule has 0 radical (unpaired) electrons. The van der Waals surface area contributed by atoms with E-state index in [2.05, 4.69) is 79.9 Å². The highest BCUT2D eigenvalue weighted by molar-refractivity contribution is 7.47. The highest BCUT2D eigenvalue weighted by Gasteiger charge is 2.28. The van der Waals surface area contributed by atoms with Crippen LogP contribution in [0, 0.1) is 0 Å². The number of nitrogens with one attached hydrogen (secondary N) is 1. The summed E-state index contributed by atoms with van der Waals surface area (Å²) >= 11 is 0. The number of rotatable bonds is 41. The van der Waals surface area contributed by atoms with Crippen molar-refractivity contribution in [2.45, 2.75) is 193 Å². The molecule has 0 aromatic heterocycles. The number of unbranched alkanes of at least 4 members (excludes halogenated alkanes) is 17. The van der Waals surface area contributed by atoms with Crippen molar-refractivity contribution in [3.8, 4) is 0 Å². The van der Waals surface area contributed by atoms with Crippen LogP contribution < -0.4 is 5.32 Å². The van der Waals surface area contributed by atoms with Crippen LogP contribution in [0.3, 0.4) is 0 Å². The fourth-order valence-corrected chi connectivity index (χ4v) is 6.60. The number of carbonyl (C=O) groups is 3. The largest absolute Gasteiger partial charge is 0.480 e. The van der Waals surface area contributed by atoms with Gasteiger partial charge in [-0.15, -0.1) is 0 Å². The second kappa shape index (κ2) is 40.9. The molecule has 0 rings (SSSR count). The molecule has 11 nitrogen and oxygen atoms in total. The zero-order valence-electron chi connectivity index (χ0n) is 36.1. The number of aliphatic hydroxyl groups is 1. The Labute approximate surface area is 351 Å². The number of hydrogen-bond acceptors (Lipinski definition) is 8. The third-order valence-electron chi connectivity index (χ3n) is 9.29. The zero-order valence-corrected chi connectivity index (χ0v) is 37.0. The Morgan fingerprint density at radius 1 is 0.569 bits per heavy atom. The minimum absolute atomic E-state index is 0.123. The molecule has 0 heterocycles. The lowest BCUT2D eigenvalue weighted by Gasteiger charge is -2.18. The molecule has 0 saturated heterocycles. The molecular formula is C46H80NO10P. The quantitative estimate of drug-likeness (QED) is 0.0201. The van der Waals surface area contributed by atoms with Gasteiger partial charge >= 0.3 is 19.8 Å². The monoisotopic (exact) mass is 838 g/mol. The van der Waals surface area contributed by atoms with Gasteiger partial charge in [-0.25, -0.2) is 9.36 Å². The number of phosphoric ester groups is 1. The number of amides is 1. The number of aliphatic carboxylic acids is 1. The van der Waals surface area contributed by atoms with E-state index in [-0.39, 0.29) is 12.8 Å². The summed E-state index contributed by atoms with van der Waals surface area (Å²) in [7, 11) is -4.76. The van der Waals surface area contributed by atoms with Crippen LogP contribution in [-0.2, 0) is 32.7 Å². The molecule has 0 aliphatic carbocycles. The third kappa shape index (κ3) is 40.0. The SMILES string of the molecule is CC/C=C\C/C=C\C/C=C\CCCCCCCC(=O)NC(COP(=O)(O)OCC(O)COC(=O)CCCCCCCCCCC/C=C\C/C=C\CCCCC)C(=O)O. The number of carboxylic acids is 1. The molecule has 1 amide bonds. The number of ether oxygens (including phenoxy) is 1. The summed E-state index contributed by atoms with van der Waals surface area (Å²) in [6.07, 6.45) is 46.7. The molecule has 0 aliphatic rings. The topological polar surface area (TPSA) is 169 Å². The summed E-state index contributed by atoms with van der Waals surface area (Å²) < 4.78 is 26.8. The molecule has 0 aromatic rings. The maximum Gasteiger partial charge on any atom is 0.472 e. The average Bonchev–Trinajstić information content (AvgIpc) is 3.20. The normalized spacial score (nSPS) is 14.3. The minimum Gasteiger partial charge on any atom is -0.480 e. The van der Waals surface area contributed by atoms with Gasteiger partial charge in [0.15, 0.2) is 6.04 Å². The Balaban J connectivity index is 3.91. The fraction of sp³-hybridized carbons (Fsp3) is 0.717. The maximum atomic E-state index is 12.3. The molecule has 0 aliphatic heterocycles. The van der Waals surface area contributed by atoms with Gasteiger partial charge in [-0.3, -0.25) is 18.6 Å². The van der Waals surface area contributed by atoms with E-state index in [0.717, 1.165) is 83.5 Å². The summed E-state index contributed by atoms with van der Waals surface area (Å²) in [5.41, 5.74) is 0. The summed E-state index contributed by atoms with van der Waals surface area (Å²) in [6, 6.07) is -1.56. The van der Waals surface area contributed by atoms with Gasteiger partial charge in [-0.2, -0.15) is 0 Å². The number of carboxylic acid groups (broad SMARTS) is 1. The highest BCUT2D eigenvalue weighted by Crippen LogP contribution is 2.43. The predicted molar refractivity (Wildman–Crippen MR) is 235 cm³/mol. The Morgan fingerprint density at radius 2 is 1.00 bits per heavy atom. The first-order valence-electron chi connectivity index (χ1n) is 22.3. The van der Waals surface area contributed by atoms with Gasteiger partial charge in [-0.1, -0.05) is 152 Å². The van der Waals surface area contributed by atoms with Crippen molar-refractivity contribution in [2.75, 3.05) is 19.8 Å². The number of esters is 1. The second-order valence-electron chi connectivity index (χ2n) is 14.9. The molecule has 3 unspecified atom stereocenters. The van der Waals surface area contributed by atoms with E-state index < -0.39 is 57.6 Å². The van der Waals surface area contributed by atoms with Gasteiger partial charge in [-0.05, 0) is 77.0 Å². The first-order chi connectivity index (χ1) is 28.1. The van der Waals surface area contributed by atoms with E-state index in [4.69, 9.17) is 13.8 Å². The molecule has 0 saturated carbocycles. The molecule has 0 bridgehead atoms. The molecule has 3 atom stereocenters. The van der Waals surface area contributed by atoms with Gasteiger partial charge in [0.05, 0.1) is 13.2 Å². The van der Waals surface area contributed by atoms with Crippen molar-refractivity contribution in [3.63, 3.8) is 0 Å². The third-order valence-corrected chi connectivity index (χ3v) is 10.2. The number of hydrogen-bond donors (Lipinski definition) is 4. The Morgan fingerprint density at radius 3 is 1.50 bits per heavy atom. The van der Waals surface area contributed by atoms with Crippen LogP contribution >= 0.6 is 7.82 Å². The molecule has 12 heteroatoms. The lowest BCUT2D eigenvalue weighted by atomic mass is 10.1. The summed E-state index contributed by atoms with van der Waals surface area (Å²) in [6.45, 7) is 2.43. The van der Waals surface area contributed by atoms with Crippen molar-refractivity contribution in [1.29, 1.82) is 0 Å². The van der Waals surface area contributed by atoms with Gasteiger partial charge in [0.2, 0.25) is 5.91 Å². The number of carbonyl (C=O) groups excluding carboxylic acids is 2.